The van der Waals surface area contributed by atoms with E-state index in [1.807, 2.05) is 0 Å². The van der Waals surface area contributed by atoms with Gasteiger partial charge in [-0.25, -0.2) is 0 Å². The van der Waals surface area contributed by atoms with Crippen LogP contribution in [0.25, 0.3) is 0 Å². The summed E-state index contributed by atoms with van der Waals surface area (Å²) in [7, 11) is 0. The van der Waals surface area contributed by atoms with Crippen molar-refractivity contribution in [2.24, 2.45) is 0 Å². The molecule has 1 amide bonds. The summed E-state index contributed by atoms with van der Waals surface area (Å²) >= 11 is 1.15. The molecule has 1 fully saturated rings. The van der Waals surface area contributed by atoms with Gasteiger partial charge in [0, 0.05) is 5.38 Å². The Morgan fingerprint density at radius 2 is 2.33 bits per heavy atom. The first-order valence-corrected chi connectivity index (χ1v) is 5.87. The van der Waals surface area contributed by atoms with Crippen molar-refractivity contribution in [1.29, 1.82) is 0 Å². The van der Waals surface area contributed by atoms with Gasteiger partial charge >= 0.3 is 0 Å². The van der Waals surface area contributed by atoms with Crippen molar-refractivity contribution in [2.75, 3.05) is 0 Å². The maximum absolute atomic E-state index is 11.6. The molecule has 0 aromatic carbocycles. The lowest BCUT2D eigenvalue weighted by atomic mass is 9.92. The Labute approximate surface area is 91.7 Å². The average molecular weight is 227 g/mol. The molecule has 1 saturated carbocycles. The third-order valence-corrected chi connectivity index (χ3v) is 3.14. The number of hydrogen-bond donors (Lipinski definition) is 2. The Balaban J connectivity index is 1.93. The lowest BCUT2D eigenvalue weighted by molar-refractivity contribution is 0.0714. The molecular weight excluding hydrogens is 214 g/mol. The van der Waals surface area contributed by atoms with E-state index in [-0.39, 0.29) is 11.9 Å². The normalized spacial score (nSPS) is 26.2. The molecule has 2 unspecified atom stereocenters. The van der Waals surface area contributed by atoms with E-state index in [0.717, 1.165) is 37.2 Å². The van der Waals surface area contributed by atoms with Gasteiger partial charge in [0.05, 0.1) is 12.1 Å². The second-order valence-electron chi connectivity index (χ2n) is 3.72. The van der Waals surface area contributed by atoms with Gasteiger partial charge in [-0.3, -0.25) is 4.79 Å². The Morgan fingerprint density at radius 1 is 1.53 bits per heavy atom. The monoisotopic (exact) mass is 227 g/mol. The highest BCUT2D eigenvalue weighted by molar-refractivity contribution is 7.03. The number of nitrogens with zero attached hydrogens (tertiary/aromatic N) is 2. The molecule has 1 aliphatic rings. The van der Waals surface area contributed by atoms with E-state index < -0.39 is 6.10 Å². The second-order valence-corrected chi connectivity index (χ2v) is 4.33. The molecule has 1 aromatic rings. The molecule has 2 atom stereocenters. The summed E-state index contributed by atoms with van der Waals surface area (Å²) in [6, 6.07) is -0.132. The van der Waals surface area contributed by atoms with Crippen molar-refractivity contribution in [1.82, 2.24) is 14.9 Å². The van der Waals surface area contributed by atoms with Crippen LogP contribution in [0.4, 0.5) is 0 Å². The fourth-order valence-corrected chi connectivity index (χ4v) is 2.22. The number of hydrogen-bond acceptors (Lipinski definition) is 5. The zero-order chi connectivity index (χ0) is 10.7. The molecule has 1 heterocycles. The number of aromatic nitrogens is 2. The van der Waals surface area contributed by atoms with Crippen LogP contribution in [0.5, 0.6) is 0 Å². The summed E-state index contributed by atoms with van der Waals surface area (Å²) in [5, 5.41) is 17.7. The molecule has 0 spiro atoms. The minimum absolute atomic E-state index is 0.132. The van der Waals surface area contributed by atoms with Gasteiger partial charge in [0.15, 0.2) is 5.69 Å². The first kappa shape index (κ1) is 10.5. The molecule has 5 nitrogen and oxygen atoms in total. The Hall–Kier alpha value is -1.01. The molecule has 82 valence electrons. The first-order chi connectivity index (χ1) is 7.27. The van der Waals surface area contributed by atoms with Crippen LogP contribution >= 0.6 is 11.5 Å². The molecule has 15 heavy (non-hydrogen) atoms. The Morgan fingerprint density at radius 3 is 3.00 bits per heavy atom. The van der Waals surface area contributed by atoms with Crippen molar-refractivity contribution in [3.05, 3.63) is 11.1 Å². The summed E-state index contributed by atoms with van der Waals surface area (Å²) in [6.07, 6.45) is 3.27. The number of aliphatic hydroxyl groups excluding tert-OH is 1. The zero-order valence-corrected chi connectivity index (χ0v) is 9.04. The summed E-state index contributed by atoms with van der Waals surface area (Å²) in [6.45, 7) is 0. The van der Waals surface area contributed by atoms with Gasteiger partial charge in [0.2, 0.25) is 0 Å². The molecule has 2 N–H and O–H groups in total. The van der Waals surface area contributed by atoms with Crippen molar-refractivity contribution >= 4 is 17.4 Å². The molecule has 0 aliphatic heterocycles. The first-order valence-electron chi connectivity index (χ1n) is 5.03. The molecule has 6 heteroatoms. The van der Waals surface area contributed by atoms with Crippen LogP contribution < -0.4 is 5.32 Å². The van der Waals surface area contributed by atoms with Crippen molar-refractivity contribution < 1.29 is 9.90 Å². The van der Waals surface area contributed by atoms with E-state index in [4.69, 9.17) is 0 Å². The van der Waals surface area contributed by atoms with Crippen LogP contribution in [-0.2, 0) is 0 Å². The van der Waals surface area contributed by atoms with E-state index >= 15 is 0 Å². The highest BCUT2D eigenvalue weighted by atomic mass is 32.1. The smallest absolute Gasteiger partial charge is 0.273 e. The summed E-state index contributed by atoms with van der Waals surface area (Å²) in [5.74, 6) is -0.241. The maximum atomic E-state index is 11.6. The lowest BCUT2D eigenvalue weighted by Crippen LogP contribution is -2.45. The fourth-order valence-electron chi connectivity index (χ4n) is 1.79. The number of rotatable bonds is 2. The summed E-state index contributed by atoms with van der Waals surface area (Å²) < 4.78 is 3.62. The van der Waals surface area contributed by atoms with E-state index in [9.17, 15) is 9.90 Å². The molecule has 1 aliphatic carbocycles. The summed E-state index contributed by atoms with van der Waals surface area (Å²) in [4.78, 5) is 11.6. The minimum Gasteiger partial charge on any atom is -0.391 e. The fraction of sp³-hybridized carbons (Fsp3) is 0.667. The van der Waals surface area contributed by atoms with Gasteiger partial charge in [-0.2, -0.15) is 0 Å². The van der Waals surface area contributed by atoms with E-state index in [1.54, 1.807) is 5.38 Å². The van der Waals surface area contributed by atoms with Gasteiger partial charge < -0.3 is 10.4 Å². The van der Waals surface area contributed by atoms with Crippen molar-refractivity contribution in [3.8, 4) is 0 Å². The van der Waals surface area contributed by atoms with E-state index in [1.165, 1.54) is 0 Å². The molecule has 0 bridgehead atoms. The topological polar surface area (TPSA) is 75.1 Å². The van der Waals surface area contributed by atoms with Crippen LogP contribution in [0.1, 0.15) is 36.2 Å². The molecule has 1 aromatic heterocycles. The van der Waals surface area contributed by atoms with Crippen LogP contribution in [0, 0.1) is 0 Å². The van der Waals surface area contributed by atoms with Gasteiger partial charge in [-0.1, -0.05) is 17.3 Å². The standard InChI is InChI=1S/C9H13N3O2S/c13-8-4-2-1-3-6(8)10-9(14)7-5-15-12-11-7/h5-6,8,13H,1-4H2,(H,10,14). The van der Waals surface area contributed by atoms with Gasteiger partial charge in [-0.15, -0.1) is 5.10 Å². The average Bonchev–Trinajstić information content (AvgIpc) is 2.74. The lowest BCUT2D eigenvalue weighted by Gasteiger charge is -2.27. The van der Waals surface area contributed by atoms with Crippen LogP contribution in [-0.4, -0.2) is 32.7 Å². The predicted molar refractivity (Wildman–Crippen MR) is 55.6 cm³/mol. The van der Waals surface area contributed by atoms with Crippen LogP contribution in [0.2, 0.25) is 0 Å². The van der Waals surface area contributed by atoms with E-state index in [2.05, 4.69) is 14.9 Å². The molecular formula is C9H13N3O2S. The quantitative estimate of drug-likeness (QED) is 0.774. The van der Waals surface area contributed by atoms with Crippen molar-refractivity contribution in [2.45, 2.75) is 37.8 Å². The largest absolute Gasteiger partial charge is 0.391 e. The number of carbonyl (C=O) groups excluding carboxylic acids is 1. The van der Waals surface area contributed by atoms with Crippen LogP contribution in [0.3, 0.4) is 0 Å². The molecule has 2 rings (SSSR count). The molecule has 0 radical (unpaired) electrons. The van der Waals surface area contributed by atoms with Gasteiger partial charge in [0.1, 0.15) is 0 Å². The van der Waals surface area contributed by atoms with Crippen LogP contribution in [0.15, 0.2) is 5.38 Å². The van der Waals surface area contributed by atoms with Gasteiger partial charge in [0.25, 0.3) is 5.91 Å². The highest BCUT2D eigenvalue weighted by Gasteiger charge is 2.25. The van der Waals surface area contributed by atoms with E-state index in [0.29, 0.717) is 5.69 Å². The third kappa shape index (κ3) is 2.51. The highest BCUT2D eigenvalue weighted by Crippen LogP contribution is 2.18. The second kappa shape index (κ2) is 4.67. The molecule has 0 saturated heterocycles. The Kier molecular flexibility index (Phi) is 3.27. The Bertz CT molecular complexity index is 328. The van der Waals surface area contributed by atoms with Gasteiger partial charge in [-0.05, 0) is 24.4 Å². The van der Waals surface area contributed by atoms with Crippen molar-refractivity contribution in [3.63, 3.8) is 0 Å². The maximum Gasteiger partial charge on any atom is 0.273 e. The number of aliphatic hydroxyl groups is 1. The number of carbonyl (C=O) groups is 1. The number of nitrogens with one attached hydrogen (secondary N) is 1. The SMILES string of the molecule is O=C(NC1CCCCC1O)c1csnn1. The predicted octanol–water partition coefficient (Wildman–Crippen LogP) is 0.571. The summed E-state index contributed by atoms with van der Waals surface area (Å²) in [5.41, 5.74) is 0.331. The zero-order valence-electron chi connectivity index (χ0n) is 8.22. The minimum atomic E-state index is -0.422. The third-order valence-electron chi connectivity index (χ3n) is 2.64. The number of amides is 1.